The summed E-state index contributed by atoms with van der Waals surface area (Å²) in [4.78, 5) is 0. The summed E-state index contributed by atoms with van der Waals surface area (Å²) in [6.07, 6.45) is 0.165. The van der Waals surface area contributed by atoms with E-state index in [1.807, 2.05) is 6.92 Å². The van der Waals surface area contributed by atoms with Crippen molar-refractivity contribution in [1.29, 1.82) is 0 Å². The number of halogens is 2. The zero-order valence-corrected chi connectivity index (χ0v) is 7.98. The molecule has 0 radical (unpaired) electrons. The van der Waals surface area contributed by atoms with E-state index in [4.69, 9.17) is 11.6 Å². The van der Waals surface area contributed by atoms with Gasteiger partial charge in [0.15, 0.2) is 0 Å². The summed E-state index contributed by atoms with van der Waals surface area (Å²) >= 11 is 5.85. The highest BCUT2D eigenvalue weighted by Gasteiger charge is 2.29. The van der Waals surface area contributed by atoms with E-state index in [-0.39, 0.29) is 11.7 Å². The molecule has 0 aliphatic heterocycles. The molecule has 0 amide bonds. The summed E-state index contributed by atoms with van der Waals surface area (Å²) in [5.74, 6) is -0.244. The van der Waals surface area contributed by atoms with E-state index in [0.717, 1.165) is 12.0 Å². The lowest BCUT2D eigenvalue weighted by Gasteiger charge is -2.08. The van der Waals surface area contributed by atoms with Crippen LogP contribution in [0.4, 0.5) is 4.39 Å². The molecule has 0 fully saturated rings. The van der Waals surface area contributed by atoms with Crippen LogP contribution in [0.25, 0.3) is 0 Å². The molecule has 70 valence electrons. The molecular weight excluding hydrogens is 191 g/mol. The molecule has 0 spiro atoms. The topological polar surface area (TPSA) is 20.2 Å². The average molecular weight is 201 g/mol. The number of fused-ring (bicyclic) bond motifs is 1. The monoisotopic (exact) mass is 200 g/mol. The fraction of sp³-hybridized carbons (Fsp3) is 0.400. The van der Waals surface area contributed by atoms with Crippen molar-refractivity contribution < 1.29 is 9.50 Å². The van der Waals surface area contributed by atoms with Crippen LogP contribution in [-0.2, 0) is 6.42 Å². The van der Waals surface area contributed by atoms with Gasteiger partial charge in [-0.3, -0.25) is 0 Å². The van der Waals surface area contributed by atoms with Crippen LogP contribution in [0.2, 0.25) is 5.02 Å². The van der Waals surface area contributed by atoms with Gasteiger partial charge in [-0.05, 0) is 35.6 Å². The van der Waals surface area contributed by atoms with E-state index < -0.39 is 6.10 Å². The predicted molar refractivity (Wildman–Crippen MR) is 49.2 cm³/mol. The van der Waals surface area contributed by atoms with Crippen LogP contribution < -0.4 is 0 Å². The van der Waals surface area contributed by atoms with Gasteiger partial charge >= 0.3 is 0 Å². The molecule has 1 aromatic carbocycles. The van der Waals surface area contributed by atoms with Gasteiger partial charge in [-0.1, -0.05) is 18.5 Å². The van der Waals surface area contributed by atoms with E-state index in [0.29, 0.717) is 10.6 Å². The summed E-state index contributed by atoms with van der Waals surface area (Å²) in [5, 5.41) is 10.1. The first-order valence-electron chi connectivity index (χ1n) is 4.25. The second-order valence-corrected chi connectivity index (χ2v) is 3.99. The van der Waals surface area contributed by atoms with Crippen LogP contribution in [0.15, 0.2) is 12.1 Å². The summed E-state index contributed by atoms with van der Waals surface area (Å²) < 4.78 is 12.9. The van der Waals surface area contributed by atoms with Crippen molar-refractivity contribution in [3.8, 4) is 0 Å². The zero-order chi connectivity index (χ0) is 9.59. The van der Waals surface area contributed by atoms with E-state index in [9.17, 15) is 9.50 Å². The average Bonchev–Trinajstić information content (AvgIpc) is 2.32. The molecule has 0 saturated carbocycles. The fourth-order valence-corrected chi connectivity index (χ4v) is 2.13. The minimum Gasteiger partial charge on any atom is -0.388 e. The second-order valence-electron chi connectivity index (χ2n) is 3.58. The molecule has 2 rings (SSSR count). The van der Waals surface area contributed by atoms with Crippen molar-refractivity contribution in [3.63, 3.8) is 0 Å². The first-order valence-corrected chi connectivity index (χ1v) is 4.63. The highest BCUT2D eigenvalue weighted by molar-refractivity contribution is 6.31. The number of rotatable bonds is 0. The minimum absolute atomic E-state index is 0.134. The van der Waals surface area contributed by atoms with Crippen LogP contribution in [-0.4, -0.2) is 5.11 Å². The first kappa shape index (κ1) is 8.97. The van der Waals surface area contributed by atoms with Crippen LogP contribution in [0, 0.1) is 11.7 Å². The molecule has 2 atom stereocenters. The van der Waals surface area contributed by atoms with Gasteiger partial charge < -0.3 is 5.11 Å². The van der Waals surface area contributed by atoms with Crippen molar-refractivity contribution in [2.45, 2.75) is 19.4 Å². The SMILES string of the molecule is CC1Cc2c(Cl)cc(F)cc2C1O. The third kappa shape index (κ3) is 1.34. The van der Waals surface area contributed by atoms with Crippen molar-refractivity contribution in [2.24, 2.45) is 5.92 Å². The normalized spacial score (nSPS) is 26.2. The van der Waals surface area contributed by atoms with E-state index in [2.05, 4.69) is 0 Å². The summed E-state index contributed by atoms with van der Waals surface area (Å²) in [5.41, 5.74) is 1.54. The molecule has 0 heterocycles. The zero-order valence-electron chi connectivity index (χ0n) is 7.22. The maximum absolute atomic E-state index is 12.9. The molecule has 0 aromatic heterocycles. The highest BCUT2D eigenvalue weighted by atomic mass is 35.5. The Kier molecular flexibility index (Phi) is 2.05. The van der Waals surface area contributed by atoms with Crippen LogP contribution >= 0.6 is 11.6 Å². The molecule has 1 N–H and O–H groups in total. The largest absolute Gasteiger partial charge is 0.388 e. The quantitative estimate of drug-likeness (QED) is 0.683. The third-order valence-electron chi connectivity index (χ3n) is 2.58. The van der Waals surface area contributed by atoms with E-state index in [1.165, 1.54) is 12.1 Å². The van der Waals surface area contributed by atoms with Gasteiger partial charge in [0.05, 0.1) is 6.10 Å². The highest BCUT2D eigenvalue weighted by Crippen LogP contribution is 2.39. The molecule has 1 nitrogen and oxygen atoms in total. The van der Waals surface area contributed by atoms with Gasteiger partial charge in [0.25, 0.3) is 0 Å². The van der Waals surface area contributed by atoms with Gasteiger partial charge in [-0.2, -0.15) is 0 Å². The minimum atomic E-state index is -0.566. The van der Waals surface area contributed by atoms with Crippen molar-refractivity contribution >= 4 is 11.6 Å². The Balaban J connectivity index is 2.57. The van der Waals surface area contributed by atoms with Gasteiger partial charge in [0, 0.05) is 5.02 Å². The molecule has 13 heavy (non-hydrogen) atoms. The van der Waals surface area contributed by atoms with Crippen LogP contribution in [0.1, 0.15) is 24.2 Å². The lowest BCUT2D eigenvalue weighted by Crippen LogP contribution is -2.01. The van der Waals surface area contributed by atoms with Crippen molar-refractivity contribution in [1.82, 2.24) is 0 Å². The standard InChI is InChI=1S/C10H10ClFO/c1-5-2-7-8(10(5)13)3-6(12)4-9(7)11/h3-5,10,13H,2H2,1H3. The number of hydrogen-bond acceptors (Lipinski definition) is 1. The molecule has 1 aliphatic carbocycles. The van der Waals surface area contributed by atoms with E-state index >= 15 is 0 Å². The maximum atomic E-state index is 12.9. The number of hydrogen-bond donors (Lipinski definition) is 1. The summed E-state index contributed by atoms with van der Waals surface area (Å²) in [6, 6.07) is 2.67. The first-order chi connectivity index (χ1) is 6.09. The van der Waals surface area contributed by atoms with Gasteiger partial charge in [-0.25, -0.2) is 4.39 Å². The fourth-order valence-electron chi connectivity index (χ4n) is 1.84. The maximum Gasteiger partial charge on any atom is 0.125 e. The van der Waals surface area contributed by atoms with Crippen LogP contribution in [0.3, 0.4) is 0 Å². The smallest absolute Gasteiger partial charge is 0.125 e. The Labute approximate surface area is 81.1 Å². The van der Waals surface area contributed by atoms with Gasteiger partial charge in [-0.15, -0.1) is 0 Å². The second kappa shape index (κ2) is 2.96. The Morgan fingerprint density at radius 1 is 1.54 bits per heavy atom. The Hall–Kier alpha value is -0.600. The molecular formula is C10H10ClFO. The Morgan fingerprint density at radius 2 is 2.23 bits per heavy atom. The molecule has 1 aliphatic rings. The summed E-state index contributed by atoms with van der Waals surface area (Å²) in [6.45, 7) is 1.93. The Morgan fingerprint density at radius 3 is 2.92 bits per heavy atom. The molecule has 1 aromatic rings. The van der Waals surface area contributed by atoms with Gasteiger partial charge in [0.2, 0.25) is 0 Å². The Bertz CT molecular complexity index is 351. The van der Waals surface area contributed by atoms with Crippen molar-refractivity contribution in [3.05, 3.63) is 34.1 Å². The van der Waals surface area contributed by atoms with Crippen molar-refractivity contribution in [2.75, 3.05) is 0 Å². The third-order valence-corrected chi connectivity index (χ3v) is 2.92. The molecule has 2 unspecified atom stereocenters. The lowest BCUT2D eigenvalue weighted by atomic mass is 10.1. The number of aliphatic hydroxyl groups is 1. The molecule has 3 heteroatoms. The molecule has 0 saturated heterocycles. The van der Waals surface area contributed by atoms with Crippen LogP contribution in [0.5, 0.6) is 0 Å². The van der Waals surface area contributed by atoms with E-state index in [1.54, 1.807) is 0 Å². The summed E-state index contributed by atoms with van der Waals surface area (Å²) in [7, 11) is 0. The number of aliphatic hydroxyl groups excluding tert-OH is 1. The number of benzene rings is 1. The van der Waals surface area contributed by atoms with Gasteiger partial charge in [0.1, 0.15) is 5.82 Å². The predicted octanol–water partition coefficient (Wildman–Crippen LogP) is 2.70. The molecule has 0 bridgehead atoms. The lowest BCUT2D eigenvalue weighted by molar-refractivity contribution is 0.132.